The maximum atomic E-state index is 12.2. The first-order valence-corrected chi connectivity index (χ1v) is 6.77. The highest BCUT2D eigenvalue weighted by Crippen LogP contribution is 2.26. The van der Waals surface area contributed by atoms with Crippen LogP contribution < -0.4 is 10.5 Å². The second kappa shape index (κ2) is 8.74. The first-order chi connectivity index (χ1) is 9.40. The average molecular weight is 317 g/mol. The molecule has 1 aromatic rings. The SMILES string of the molecule is CCC(C)C(N)C(=O)N(C)Cc1ccc(OC)c(O)c1.Cl. The number of methoxy groups -OCH3 is 1. The molecule has 21 heavy (non-hydrogen) atoms. The molecular weight excluding hydrogens is 292 g/mol. The van der Waals surface area contributed by atoms with Gasteiger partial charge in [0, 0.05) is 13.6 Å². The largest absolute Gasteiger partial charge is 0.504 e. The summed E-state index contributed by atoms with van der Waals surface area (Å²) < 4.78 is 4.99. The van der Waals surface area contributed by atoms with E-state index in [-0.39, 0.29) is 30.0 Å². The zero-order valence-electron chi connectivity index (χ0n) is 13.0. The number of halogens is 1. The summed E-state index contributed by atoms with van der Waals surface area (Å²) >= 11 is 0. The Balaban J connectivity index is 0.00000400. The van der Waals surface area contributed by atoms with Crippen LogP contribution in [0.2, 0.25) is 0 Å². The summed E-state index contributed by atoms with van der Waals surface area (Å²) in [5.41, 5.74) is 6.77. The van der Waals surface area contributed by atoms with Crippen molar-refractivity contribution in [3.05, 3.63) is 23.8 Å². The van der Waals surface area contributed by atoms with Gasteiger partial charge in [-0.3, -0.25) is 4.79 Å². The molecule has 6 heteroatoms. The monoisotopic (exact) mass is 316 g/mol. The maximum Gasteiger partial charge on any atom is 0.239 e. The molecule has 1 rings (SSSR count). The van der Waals surface area contributed by atoms with Crippen molar-refractivity contribution in [2.24, 2.45) is 11.7 Å². The fourth-order valence-corrected chi connectivity index (χ4v) is 1.94. The lowest BCUT2D eigenvalue weighted by atomic mass is 9.99. The zero-order chi connectivity index (χ0) is 15.3. The minimum absolute atomic E-state index is 0. The van der Waals surface area contributed by atoms with Gasteiger partial charge in [-0.25, -0.2) is 0 Å². The smallest absolute Gasteiger partial charge is 0.239 e. The number of hydrogen-bond donors (Lipinski definition) is 2. The van der Waals surface area contributed by atoms with Gasteiger partial charge in [0.1, 0.15) is 0 Å². The number of amides is 1. The highest BCUT2D eigenvalue weighted by molar-refractivity contribution is 5.85. The molecule has 5 nitrogen and oxygen atoms in total. The Hall–Kier alpha value is -1.46. The molecule has 0 spiro atoms. The molecule has 0 aliphatic heterocycles. The van der Waals surface area contributed by atoms with Crippen LogP contribution >= 0.6 is 12.4 Å². The van der Waals surface area contributed by atoms with Crippen molar-refractivity contribution in [1.82, 2.24) is 4.90 Å². The average Bonchev–Trinajstić information content (AvgIpc) is 2.44. The second-order valence-electron chi connectivity index (χ2n) is 5.11. The lowest BCUT2D eigenvalue weighted by Crippen LogP contribution is -2.45. The number of carbonyl (C=O) groups is 1. The third-order valence-corrected chi connectivity index (χ3v) is 3.58. The van der Waals surface area contributed by atoms with E-state index in [1.165, 1.54) is 7.11 Å². The van der Waals surface area contributed by atoms with E-state index in [2.05, 4.69) is 0 Å². The van der Waals surface area contributed by atoms with Gasteiger partial charge >= 0.3 is 0 Å². The van der Waals surface area contributed by atoms with Crippen molar-refractivity contribution in [3.8, 4) is 11.5 Å². The van der Waals surface area contributed by atoms with Gasteiger partial charge in [-0.1, -0.05) is 26.3 Å². The number of nitrogens with zero attached hydrogens (tertiary/aromatic N) is 1. The second-order valence-corrected chi connectivity index (χ2v) is 5.11. The summed E-state index contributed by atoms with van der Waals surface area (Å²) in [7, 11) is 3.21. The topological polar surface area (TPSA) is 75.8 Å². The number of phenols is 1. The standard InChI is InChI=1S/C15H24N2O3.ClH/c1-5-10(2)14(16)15(19)17(3)9-11-6-7-13(20-4)12(18)8-11;/h6-8,10,14,18H,5,9,16H2,1-4H3;1H. The molecule has 2 atom stereocenters. The summed E-state index contributed by atoms with van der Waals surface area (Å²) in [4.78, 5) is 13.8. The van der Waals surface area contributed by atoms with Gasteiger partial charge in [0.25, 0.3) is 0 Å². The van der Waals surface area contributed by atoms with Gasteiger partial charge < -0.3 is 20.5 Å². The van der Waals surface area contributed by atoms with Gasteiger partial charge in [0.2, 0.25) is 5.91 Å². The molecule has 1 aromatic carbocycles. The summed E-state index contributed by atoms with van der Waals surface area (Å²) in [5, 5.41) is 9.73. The lowest BCUT2D eigenvalue weighted by Gasteiger charge is -2.24. The molecule has 0 saturated heterocycles. The number of hydrogen-bond acceptors (Lipinski definition) is 4. The van der Waals surface area contributed by atoms with Crippen LogP contribution in [0.4, 0.5) is 0 Å². The maximum absolute atomic E-state index is 12.2. The third kappa shape index (κ3) is 5.10. The molecule has 0 heterocycles. The molecule has 120 valence electrons. The number of aromatic hydroxyl groups is 1. The van der Waals surface area contributed by atoms with E-state index in [1.807, 2.05) is 19.9 Å². The van der Waals surface area contributed by atoms with Crippen LogP contribution in [0.15, 0.2) is 18.2 Å². The van der Waals surface area contributed by atoms with Crippen LogP contribution in [-0.2, 0) is 11.3 Å². The van der Waals surface area contributed by atoms with Gasteiger partial charge in [-0.05, 0) is 23.6 Å². The van der Waals surface area contributed by atoms with Crippen molar-refractivity contribution in [3.63, 3.8) is 0 Å². The predicted octanol–water partition coefficient (Wildman–Crippen LogP) is 2.15. The molecule has 1 amide bonds. The molecule has 0 aromatic heterocycles. The van der Waals surface area contributed by atoms with Crippen LogP contribution in [0.25, 0.3) is 0 Å². The van der Waals surface area contributed by atoms with E-state index >= 15 is 0 Å². The van der Waals surface area contributed by atoms with E-state index in [4.69, 9.17) is 10.5 Å². The summed E-state index contributed by atoms with van der Waals surface area (Å²) in [5.74, 6) is 0.542. The lowest BCUT2D eigenvalue weighted by molar-refractivity contribution is -0.132. The molecule has 0 bridgehead atoms. The number of carbonyl (C=O) groups excluding carboxylic acids is 1. The Morgan fingerprint density at radius 3 is 2.57 bits per heavy atom. The van der Waals surface area contributed by atoms with Crippen molar-refractivity contribution in [1.29, 1.82) is 0 Å². The number of likely N-dealkylation sites (N-methyl/N-ethyl adjacent to an activating group) is 1. The molecule has 0 radical (unpaired) electrons. The van der Waals surface area contributed by atoms with Gasteiger partial charge in [-0.15, -0.1) is 12.4 Å². The molecule has 3 N–H and O–H groups in total. The Kier molecular flexibility index (Phi) is 8.14. The van der Waals surface area contributed by atoms with Gasteiger partial charge in [0.05, 0.1) is 13.2 Å². The predicted molar refractivity (Wildman–Crippen MR) is 85.8 cm³/mol. The Labute approximate surface area is 132 Å². The number of benzene rings is 1. The summed E-state index contributed by atoms with van der Waals surface area (Å²) in [6.45, 7) is 4.38. The van der Waals surface area contributed by atoms with Crippen molar-refractivity contribution in [2.45, 2.75) is 32.9 Å². The van der Waals surface area contributed by atoms with Crippen LogP contribution in [-0.4, -0.2) is 36.1 Å². The van der Waals surface area contributed by atoms with Crippen LogP contribution in [0.5, 0.6) is 11.5 Å². The van der Waals surface area contributed by atoms with E-state index in [0.717, 1.165) is 12.0 Å². The van der Waals surface area contributed by atoms with E-state index in [1.54, 1.807) is 24.1 Å². The van der Waals surface area contributed by atoms with Crippen LogP contribution in [0.1, 0.15) is 25.8 Å². The minimum atomic E-state index is -0.489. The molecular formula is C15H25ClN2O3. The highest BCUT2D eigenvalue weighted by atomic mass is 35.5. The number of nitrogens with two attached hydrogens (primary N) is 1. The van der Waals surface area contributed by atoms with E-state index < -0.39 is 6.04 Å². The fraction of sp³-hybridized carbons (Fsp3) is 0.533. The zero-order valence-corrected chi connectivity index (χ0v) is 13.8. The first-order valence-electron chi connectivity index (χ1n) is 6.77. The van der Waals surface area contributed by atoms with Crippen molar-refractivity contribution < 1.29 is 14.6 Å². The van der Waals surface area contributed by atoms with Crippen molar-refractivity contribution in [2.75, 3.05) is 14.2 Å². The summed E-state index contributed by atoms with van der Waals surface area (Å²) in [6, 6.07) is 4.60. The number of phenolic OH excluding ortho intramolecular Hbond substituents is 1. The van der Waals surface area contributed by atoms with Crippen LogP contribution in [0, 0.1) is 5.92 Å². The fourth-order valence-electron chi connectivity index (χ4n) is 1.94. The molecule has 0 saturated carbocycles. The minimum Gasteiger partial charge on any atom is -0.504 e. The molecule has 0 fully saturated rings. The molecule has 0 aliphatic rings. The van der Waals surface area contributed by atoms with Gasteiger partial charge in [-0.2, -0.15) is 0 Å². The first kappa shape index (κ1) is 19.5. The van der Waals surface area contributed by atoms with E-state index in [9.17, 15) is 9.90 Å². The van der Waals surface area contributed by atoms with Crippen molar-refractivity contribution >= 4 is 18.3 Å². The molecule has 2 unspecified atom stereocenters. The quantitative estimate of drug-likeness (QED) is 0.843. The van der Waals surface area contributed by atoms with Crippen LogP contribution in [0.3, 0.4) is 0 Å². The third-order valence-electron chi connectivity index (χ3n) is 3.58. The number of rotatable bonds is 6. The normalized spacial score (nSPS) is 13.0. The summed E-state index contributed by atoms with van der Waals surface area (Å²) in [6.07, 6.45) is 0.865. The molecule has 0 aliphatic carbocycles. The Morgan fingerprint density at radius 1 is 1.48 bits per heavy atom. The highest BCUT2D eigenvalue weighted by Gasteiger charge is 2.22. The Morgan fingerprint density at radius 2 is 2.10 bits per heavy atom. The van der Waals surface area contributed by atoms with Gasteiger partial charge in [0.15, 0.2) is 11.5 Å². The number of ether oxygens (including phenoxy) is 1. The Bertz CT molecular complexity index is 468. The van der Waals surface area contributed by atoms with E-state index in [0.29, 0.717) is 12.3 Å².